The minimum atomic E-state index is -0.0636. The molecule has 2 heterocycles. The van der Waals surface area contributed by atoms with E-state index in [2.05, 4.69) is 16.7 Å². The van der Waals surface area contributed by atoms with E-state index in [1.807, 2.05) is 36.4 Å². The Morgan fingerprint density at radius 1 is 1.17 bits per heavy atom. The van der Waals surface area contributed by atoms with E-state index in [4.69, 9.17) is 5.73 Å². The third-order valence-corrected chi connectivity index (χ3v) is 4.82. The first-order valence-corrected chi connectivity index (χ1v) is 8.18. The molecule has 2 aromatic rings. The molecule has 4 nitrogen and oxygen atoms in total. The number of benzene rings is 1. The molecule has 0 unspecified atom stereocenters. The van der Waals surface area contributed by atoms with Crippen molar-refractivity contribution in [1.82, 2.24) is 5.32 Å². The summed E-state index contributed by atoms with van der Waals surface area (Å²) in [5.74, 6) is -0.0636. The predicted octanol–water partition coefficient (Wildman–Crippen LogP) is 3.68. The average Bonchev–Trinajstić information content (AvgIpc) is 3.06. The first-order valence-electron chi connectivity index (χ1n) is 7.36. The van der Waals surface area contributed by atoms with Crippen LogP contribution in [0.4, 0.5) is 5.69 Å². The van der Waals surface area contributed by atoms with Crippen LogP contribution in [-0.2, 0) is 6.54 Å². The van der Waals surface area contributed by atoms with E-state index < -0.39 is 0 Å². The van der Waals surface area contributed by atoms with Crippen LogP contribution in [0, 0.1) is 0 Å². The van der Waals surface area contributed by atoms with Crippen LogP contribution in [0.1, 0.15) is 26.5 Å². The number of halogens is 2. The van der Waals surface area contributed by atoms with Gasteiger partial charge in [-0.15, -0.1) is 36.2 Å². The topological polar surface area (TPSA) is 67.1 Å². The highest BCUT2D eigenvalue weighted by Gasteiger charge is 2.13. The smallest absolute Gasteiger partial charge is 0.265 e. The lowest BCUT2D eigenvalue weighted by Crippen LogP contribution is -2.19. The van der Waals surface area contributed by atoms with Gasteiger partial charge in [0.25, 0.3) is 5.91 Å². The van der Waals surface area contributed by atoms with E-state index in [-0.39, 0.29) is 30.7 Å². The summed E-state index contributed by atoms with van der Waals surface area (Å²) in [6.45, 7) is 2.41. The van der Waals surface area contributed by atoms with Gasteiger partial charge in [-0.3, -0.25) is 4.79 Å². The van der Waals surface area contributed by atoms with Crippen molar-refractivity contribution in [2.24, 2.45) is 5.73 Å². The zero-order chi connectivity index (χ0) is 15.4. The molecule has 4 N–H and O–H groups in total. The van der Waals surface area contributed by atoms with E-state index in [1.165, 1.54) is 10.5 Å². The number of amides is 1. The lowest BCUT2D eigenvalue weighted by molar-refractivity contribution is 0.103. The summed E-state index contributed by atoms with van der Waals surface area (Å²) < 4.78 is 0. The molecule has 0 fully saturated rings. The molecule has 0 saturated carbocycles. The molecule has 130 valence electrons. The van der Waals surface area contributed by atoms with Gasteiger partial charge >= 0.3 is 0 Å². The van der Waals surface area contributed by atoms with Gasteiger partial charge in [0.15, 0.2) is 0 Å². The monoisotopic (exact) mass is 385 g/mol. The van der Waals surface area contributed by atoms with Gasteiger partial charge in [-0.1, -0.05) is 18.2 Å². The highest BCUT2D eigenvalue weighted by molar-refractivity contribution is 7.15. The Bertz CT molecular complexity index is 698. The summed E-state index contributed by atoms with van der Waals surface area (Å²) in [4.78, 5) is 14.2. The molecule has 0 bridgehead atoms. The van der Waals surface area contributed by atoms with Crippen molar-refractivity contribution in [3.05, 3.63) is 57.8 Å². The quantitative estimate of drug-likeness (QED) is 0.751. The number of thiophene rings is 1. The standard InChI is InChI=1S/C17H19N3OS.2ClH/c18-11-12-1-3-14(4-2-12)20-17(21)16-6-5-15(22-16)13-7-9-19-10-8-13;;/h1-7,19H,8-11,18H2,(H,20,21);2*1H. The van der Waals surface area contributed by atoms with Gasteiger partial charge in [0.1, 0.15) is 0 Å². The van der Waals surface area contributed by atoms with Gasteiger partial charge in [-0.25, -0.2) is 0 Å². The van der Waals surface area contributed by atoms with Gasteiger partial charge in [0.05, 0.1) is 4.88 Å². The van der Waals surface area contributed by atoms with Crippen LogP contribution in [0.25, 0.3) is 5.57 Å². The molecule has 0 atom stereocenters. The molecule has 1 aromatic carbocycles. The Hall–Kier alpha value is -1.37. The molecule has 1 aromatic heterocycles. The molecule has 1 aliphatic heterocycles. The zero-order valence-electron chi connectivity index (χ0n) is 13.1. The fraction of sp³-hybridized carbons (Fsp3) is 0.235. The van der Waals surface area contributed by atoms with Crippen molar-refractivity contribution in [3.8, 4) is 0 Å². The van der Waals surface area contributed by atoms with Crippen molar-refractivity contribution in [1.29, 1.82) is 0 Å². The normalized spacial score (nSPS) is 13.3. The molecule has 1 amide bonds. The Morgan fingerprint density at radius 2 is 1.92 bits per heavy atom. The van der Waals surface area contributed by atoms with Crippen molar-refractivity contribution >= 4 is 53.3 Å². The van der Waals surface area contributed by atoms with Crippen LogP contribution < -0.4 is 16.4 Å². The van der Waals surface area contributed by atoms with Crippen LogP contribution in [0.5, 0.6) is 0 Å². The number of carbonyl (C=O) groups is 1. The summed E-state index contributed by atoms with van der Waals surface area (Å²) in [5, 5.41) is 6.22. The summed E-state index contributed by atoms with van der Waals surface area (Å²) in [6.07, 6.45) is 3.21. The molecular weight excluding hydrogens is 365 g/mol. The first-order chi connectivity index (χ1) is 10.8. The Balaban J connectivity index is 0.00000144. The van der Waals surface area contributed by atoms with E-state index >= 15 is 0 Å². The summed E-state index contributed by atoms with van der Waals surface area (Å²) >= 11 is 1.55. The number of hydrogen-bond donors (Lipinski definition) is 3. The maximum atomic E-state index is 12.3. The Labute approximate surface area is 158 Å². The van der Waals surface area contributed by atoms with Crippen molar-refractivity contribution in [2.45, 2.75) is 13.0 Å². The Kier molecular flexibility index (Phi) is 8.45. The summed E-state index contributed by atoms with van der Waals surface area (Å²) in [5.41, 5.74) is 8.74. The third-order valence-electron chi connectivity index (χ3n) is 3.66. The number of hydrogen-bond acceptors (Lipinski definition) is 4. The molecule has 0 spiro atoms. The lowest BCUT2D eigenvalue weighted by atomic mass is 10.1. The largest absolute Gasteiger partial charge is 0.326 e. The SMILES string of the molecule is Cl.Cl.NCc1ccc(NC(=O)c2ccc(C3=CCNCC3)s2)cc1. The molecule has 0 radical (unpaired) electrons. The molecular formula is C17H21Cl2N3OS. The molecule has 24 heavy (non-hydrogen) atoms. The number of rotatable bonds is 4. The maximum Gasteiger partial charge on any atom is 0.265 e. The van der Waals surface area contributed by atoms with Crippen LogP contribution in [-0.4, -0.2) is 19.0 Å². The van der Waals surface area contributed by atoms with Crippen molar-refractivity contribution < 1.29 is 4.79 Å². The Morgan fingerprint density at radius 3 is 2.54 bits per heavy atom. The number of nitrogens with two attached hydrogens (primary N) is 1. The van der Waals surface area contributed by atoms with Gasteiger partial charge in [0.2, 0.25) is 0 Å². The fourth-order valence-electron chi connectivity index (χ4n) is 2.40. The second-order valence-electron chi connectivity index (χ2n) is 5.20. The van der Waals surface area contributed by atoms with Crippen molar-refractivity contribution in [2.75, 3.05) is 18.4 Å². The fourth-order valence-corrected chi connectivity index (χ4v) is 3.37. The highest BCUT2D eigenvalue weighted by atomic mass is 35.5. The number of nitrogens with one attached hydrogen (secondary N) is 2. The van der Waals surface area contributed by atoms with E-state index in [1.54, 1.807) is 11.3 Å². The minimum absolute atomic E-state index is 0. The van der Waals surface area contributed by atoms with E-state index in [9.17, 15) is 4.79 Å². The van der Waals surface area contributed by atoms with Crippen LogP contribution >= 0.6 is 36.2 Å². The molecule has 1 aliphatic rings. The number of carbonyl (C=O) groups excluding carboxylic acids is 1. The third kappa shape index (κ3) is 5.06. The van der Waals surface area contributed by atoms with Crippen molar-refractivity contribution in [3.63, 3.8) is 0 Å². The first kappa shape index (κ1) is 20.7. The molecule has 0 saturated heterocycles. The van der Waals surface area contributed by atoms with Crippen LogP contribution in [0.2, 0.25) is 0 Å². The lowest BCUT2D eigenvalue weighted by Gasteiger charge is -2.12. The van der Waals surface area contributed by atoms with Crippen LogP contribution in [0.15, 0.2) is 42.5 Å². The average molecular weight is 386 g/mol. The maximum absolute atomic E-state index is 12.3. The van der Waals surface area contributed by atoms with Gasteiger partial charge in [0, 0.05) is 23.7 Å². The van der Waals surface area contributed by atoms with Crippen LogP contribution in [0.3, 0.4) is 0 Å². The molecule has 7 heteroatoms. The number of anilines is 1. The second-order valence-corrected chi connectivity index (χ2v) is 6.29. The van der Waals surface area contributed by atoms with Gasteiger partial charge < -0.3 is 16.4 Å². The van der Waals surface area contributed by atoms with E-state index in [0.717, 1.165) is 35.6 Å². The molecule has 3 rings (SSSR count). The summed E-state index contributed by atoms with van der Waals surface area (Å²) in [7, 11) is 0. The second kappa shape index (κ2) is 9.81. The zero-order valence-corrected chi connectivity index (χ0v) is 15.5. The minimum Gasteiger partial charge on any atom is -0.326 e. The summed E-state index contributed by atoms with van der Waals surface area (Å²) in [6, 6.07) is 11.5. The van der Waals surface area contributed by atoms with E-state index in [0.29, 0.717) is 6.54 Å². The van der Waals surface area contributed by atoms with Gasteiger partial charge in [-0.05, 0) is 48.4 Å². The predicted molar refractivity (Wildman–Crippen MR) is 107 cm³/mol. The van der Waals surface area contributed by atoms with Gasteiger partial charge in [-0.2, -0.15) is 0 Å². The highest BCUT2D eigenvalue weighted by Crippen LogP contribution is 2.28. The molecule has 0 aliphatic carbocycles.